The maximum atomic E-state index is 12.9. The quantitative estimate of drug-likeness (QED) is 0.793. The van der Waals surface area contributed by atoms with Gasteiger partial charge >= 0.3 is 0 Å². The molecule has 2 fully saturated rings. The van der Waals surface area contributed by atoms with Crippen LogP contribution in [0.25, 0.3) is 0 Å². The summed E-state index contributed by atoms with van der Waals surface area (Å²) in [5.74, 6) is 1.17. The number of carbonyl (C=O) groups is 1. The van der Waals surface area contributed by atoms with Crippen molar-refractivity contribution in [1.82, 2.24) is 19.2 Å². The largest absolute Gasteiger partial charge is 0.332 e. The van der Waals surface area contributed by atoms with Crippen molar-refractivity contribution in [3.8, 4) is 0 Å². The fourth-order valence-corrected chi connectivity index (χ4v) is 5.71. The molecule has 0 bridgehead atoms. The van der Waals surface area contributed by atoms with Crippen LogP contribution in [-0.4, -0.2) is 51.8 Å². The monoisotopic (exact) mass is 422 g/mol. The first-order chi connectivity index (χ1) is 13.7. The van der Waals surface area contributed by atoms with Crippen LogP contribution in [0.2, 0.25) is 0 Å². The van der Waals surface area contributed by atoms with Crippen LogP contribution in [0.4, 0.5) is 0 Å². The Kier molecular flexibility index (Phi) is 5.31. The molecule has 0 radical (unpaired) electrons. The lowest BCUT2D eigenvalue weighted by atomic mass is 9.99. The molecule has 1 saturated heterocycles. The van der Waals surface area contributed by atoms with Crippen molar-refractivity contribution >= 4 is 15.9 Å². The van der Waals surface area contributed by atoms with Crippen LogP contribution in [-0.2, 0) is 27.8 Å². The van der Waals surface area contributed by atoms with Crippen LogP contribution in [0.15, 0.2) is 4.79 Å². The molecule has 2 aliphatic heterocycles. The molecule has 4 rings (SSSR count). The first kappa shape index (κ1) is 20.5. The number of rotatable bonds is 4. The zero-order valence-corrected chi connectivity index (χ0v) is 18.2. The number of amides is 1. The van der Waals surface area contributed by atoms with Gasteiger partial charge in [0, 0.05) is 24.6 Å². The molecular formula is C20H30N4O4S. The lowest BCUT2D eigenvalue weighted by Crippen LogP contribution is -2.44. The van der Waals surface area contributed by atoms with Crippen molar-refractivity contribution < 1.29 is 13.2 Å². The van der Waals surface area contributed by atoms with Gasteiger partial charge in [0.05, 0.1) is 23.5 Å². The molecule has 1 N–H and O–H groups in total. The van der Waals surface area contributed by atoms with Crippen molar-refractivity contribution in [3.05, 3.63) is 27.4 Å². The number of nitrogens with one attached hydrogen (secondary N) is 1. The summed E-state index contributed by atoms with van der Waals surface area (Å²) in [5, 5.41) is -0.516. The maximum Gasteiger partial charge on any atom is 0.254 e. The van der Waals surface area contributed by atoms with Crippen molar-refractivity contribution in [2.24, 2.45) is 11.8 Å². The number of sulfonamides is 1. The molecule has 9 heteroatoms. The molecule has 3 aliphatic rings. The van der Waals surface area contributed by atoms with E-state index in [4.69, 9.17) is 4.98 Å². The van der Waals surface area contributed by atoms with Crippen LogP contribution in [0.3, 0.4) is 0 Å². The van der Waals surface area contributed by atoms with Gasteiger partial charge in [-0.25, -0.2) is 13.4 Å². The van der Waals surface area contributed by atoms with E-state index < -0.39 is 15.3 Å². The average Bonchev–Trinajstić information content (AvgIpc) is 3.43. The number of fused-ring (bicyclic) bond motifs is 1. The van der Waals surface area contributed by atoms with Gasteiger partial charge in [-0.2, -0.15) is 4.31 Å². The van der Waals surface area contributed by atoms with Gasteiger partial charge in [0.1, 0.15) is 5.82 Å². The van der Waals surface area contributed by atoms with Gasteiger partial charge in [-0.1, -0.05) is 6.92 Å². The molecule has 29 heavy (non-hydrogen) atoms. The molecule has 1 amide bonds. The predicted molar refractivity (Wildman–Crippen MR) is 109 cm³/mol. The minimum atomic E-state index is -3.41. The van der Waals surface area contributed by atoms with Crippen LogP contribution >= 0.6 is 0 Å². The normalized spacial score (nSPS) is 27.7. The zero-order chi connectivity index (χ0) is 20.9. The molecule has 1 aromatic rings. The molecule has 0 unspecified atom stereocenters. The van der Waals surface area contributed by atoms with E-state index in [1.165, 1.54) is 4.31 Å². The molecule has 0 spiro atoms. The van der Waals surface area contributed by atoms with Crippen molar-refractivity contribution in [1.29, 1.82) is 0 Å². The van der Waals surface area contributed by atoms with Gasteiger partial charge < -0.3 is 9.88 Å². The number of likely N-dealkylation sites (tertiary alicyclic amines) is 1. The number of hydrogen-bond acceptors (Lipinski definition) is 5. The summed E-state index contributed by atoms with van der Waals surface area (Å²) in [4.78, 5) is 35.1. The first-order valence-corrected chi connectivity index (χ1v) is 12.1. The number of aromatic amines is 1. The Morgan fingerprint density at radius 2 is 1.97 bits per heavy atom. The lowest BCUT2D eigenvalue weighted by molar-refractivity contribution is -0.137. The topological polar surface area (TPSA) is 103 Å². The summed E-state index contributed by atoms with van der Waals surface area (Å²) in [5.41, 5.74) is 0.884. The third-order valence-electron chi connectivity index (χ3n) is 6.54. The van der Waals surface area contributed by atoms with Gasteiger partial charge in [-0.05, 0) is 51.9 Å². The summed E-state index contributed by atoms with van der Waals surface area (Å²) in [6.07, 6.45) is 3.99. The van der Waals surface area contributed by atoms with Crippen molar-refractivity contribution in [2.45, 2.75) is 70.7 Å². The highest BCUT2D eigenvalue weighted by molar-refractivity contribution is 7.89. The van der Waals surface area contributed by atoms with E-state index in [1.807, 2.05) is 4.90 Å². The molecule has 1 aromatic heterocycles. The summed E-state index contributed by atoms with van der Waals surface area (Å²) >= 11 is 0. The number of nitrogens with zero attached hydrogens (tertiary/aromatic N) is 3. The standard InChI is InChI=1S/C20H30N4O4S/c1-12(2)29(27,28)23-9-7-14-16(11-23)21-18(22-19(14)25)17-6-4-5-8-24(17)20(26)15-10-13(15)3/h12-13,15,17H,4-11H2,1-3H3,(H,21,22,25)/t13-,15-,17+/m1/s1. The molecular weight excluding hydrogens is 392 g/mol. The number of H-pyrrole nitrogens is 1. The predicted octanol–water partition coefficient (Wildman–Crippen LogP) is 1.58. The summed E-state index contributed by atoms with van der Waals surface area (Å²) < 4.78 is 26.6. The van der Waals surface area contributed by atoms with E-state index in [-0.39, 0.29) is 30.0 Å². The third-order valence-corrected chi connectivity index (χ3v) is 8.76. The van der Waals surface area contributed by atoms with Crippen molar-refractivity contribution in [2.75, 3.05) is 13.1 Å². The second kappa shape index (κ2) is 7.50. The molecule has 3 heterocycles. The summed E-state index contributed by atoms with van der Waals surface area (Å²) in [6, 6.07) is -0.237. The number of carbonyl (C=O) groups excluding carboxylic acids is 1. The van der Waals surface area contributed by atoms with Gasteiger partial charge in [0.25, 0.3) is 5.56 Å². The highest BCUT2D eigenvalue weighted by atomic mass is 32.2. The lowest BCUT2D eigenvalue weighted by Gasteiger charge is -2.36. The van der Waals surface area contributed by atoms with Crippen LogP contribution in [0.5, 0.6) is 0 Å². The molecule has 1 saturated carbocycles. The second-order valence-electron chi connectivity index (χ2n) is 8.92. The van der Waals surface area contributed by atoms with E-state index in [9.17, 15) is 18.0 Å². The van der Waals surface area contributed by atoms with Gasteiger partial charge in [0.2, 0.25) is 15.9 Å². The van der Waals surface area contributed by atoms with E-state index in [0.717, 1.165) is 25.7 Å². The molecule has 1 aliphatic carbocycles. The average molecular weight is 423 g/mol. The Morgan fingerprint density at radius 3 is 2.62 bits per heavy atom. The smallest absolute Gasteiger partial charge is 0.254 e. The van der Waals surface area contributed by atoms with E-state index in [0.29, 0.717) is 42.5 Å². The molecule has 3 atom stereocenters. The number of aromatic nitrogens is 2. The van der Waals surface area contributed by atoms with Crippen LogP contribution < -0.4 is 5.56 Å². The van der Waals surface area contributed by atoms with Crippen LogP contribution in [0, 0.1) is 11.8 Å². The SMILES string of the molecule is CC(C)S(=O)(=O)N1CCc2c(nc([C@@H]3CCCCN3C(=O)[C@@H]3C[C@H]3C)[nH]c2=O)C1. The second-order valence-corrected chi connectivity index (χ2v) is 11.4. The minimum Gasteiger partial charge on any atom is -0.332 e. The van der Waals surface area contributed by atoms with E-state index >= 15 is 0 Å². The highest BCUT2D eigenvalue weighted by Gasteiger charge is 2.44. The first-order valence-electron chi connectivity index (χ1n) is 10.6. The van der Waals surface area contributed by atoms with E-state index in [2.05, 4.69) is 11.9 Å². The minimum absolute atomic E-state index is 0.0895. The molecule has 0 aromatic carbocycles. The third kappa shape index (κ3) is 3.74. The molecule has 8 nitrogen and oxygen atoms in total. The van der Waals surface area contributed by atoms with Gasteiger partial charge in [-0.3, -0.25) is 9.59 Å². The molecule has 160 valence electrons. The Bertz CT molecular complexity index is 971. The zero-order valence-electron chi connectivity index (χ0n) is 17.3. The highest BCUT2D eigenvalue weighted by Crippen LogP contribution is 2.42. The Hall–Kier alpha value is -1.74. The van der Waals surface area contributed by atoms with E-state index in [1.54, 1.807) is 13.8 Å². The summed E-state index contributed by atoms with van der Waals surface area (Å²) in [7, 11) is -3.41. The van der Waals surface area contributed by atoms with Gasteiger partial charge in [0.15, 0.2) is 0 Å². The Balaban J connectivity index is 1.65. The fourth-order valence-electron chi connectivity index (χ4n) is 4.47. The Labute approximate surface area is 171 Å². The van der Waals surface area contributed by atoms with Crippen LogP contribution in [0.1, 0.15) is 69.6 Å². The van der Waals surface area contributed by atoms with Gasteiger partial charge in [-0.15, -0.1) is 0 Å². The number of piperidine rings is 1. The fraction of sp³-hybridized carbons (Fsp3) is 0.750. The number of hydrogen-bond donors (Lipinski definition) is 1. The Morgan fingerprint density at radius 1 is 1.24 bits per heavy atom. The summed E-state index contributed by atoms with van der Waals surface area (Å²) in [6.45, 7) is 6.50. The maximum absolute atomic E-state index is 12.9. The van der Waals surface area contributed by atoms with Crippen molar-refractivity contribution in [3.63, 3.8) is 0 Å².